The van der Waals surface area contributed by atoms with Crippen molar-refractivity contribution in [1.82, 2.24) is 24.6 Å². The summed E-state index contributed by atoms with van der Waals surface area (Å²) in [6.07, 6.45) is 2.70. The molecule has 138 valence electrons. The summed E-state index contributed by atoms with van der Waals surface area (Å²) in [4.78, 5) is 22.1. The van der Waals surface area contributed by atoms with E-state index in [1.54, 1.807) is 0 Å². The first-order valence-electron chi connectivity index (χ1n) is 9.26. The molecule has 0 unspecified atom stereocenters. The van der Waals surface area contributed by atoms with Gasteiger partial charge in [-0.1, -0.05) is 6.07 Å². The van der Waals surface area contributed by atoms with Crippen molar-refractivity contribution >= 4 is 5.91 Å². The fourth-order valence-corrected chi connectivity index (χ4v) is 3.75. The van der Waals surface area contributed by atoms with E-state index in [9.17, 15) is 4.79 Å². The minimum absolute atomic E-state index is 0.00149. The highest BCUT2D eigenvalue weighted by Gasteiger charge is 2.31. The summed E-state index contributed by atoms with van der Waals surface area (Å²) in [5.41, 5.74) is 2.46. The zero-order chi connectivity index (χ0) is 17.9. The summed E-state index contributed by atoms with van der Waals surface area (Å²) < 4.78 is 7.48. The molecule has 0 radical (unpaired) electrons. The van der Waals surface area contributed by atoms with Crippen molar-refractivity contribution in [2.24, 2.45) is 0 Å². The molecule has 7 nitrogen and oxygen atoms in total. The van der Waals surface area contributed by atoms with Crippen molar-refractivity contribution in [3.63, 3.8) is 0 Å². The number of carbonyl (C=O) groups is 1. The number of rotatable bonds is 3. The summed E-state index contributed by atoms with van der Waals surface area (Å²) in [5, 5.41) is 4.41. The lowest BCUT2D eigenvalue weighted by atomic mass is 10.1. The summed E-state index contributed by atoms with van der Waals surface area (Å²) in [6, 6.07) is 7.77. The second kappa shape index (κ2) is 7.55. The molecule has 1 atom stereocenters. The van der Waals surface area contributed by atoms with Crippen LogP contribution in [0.3, 0.4) is 0 Å². The van der Waals surface area contributed by atoms with Crippen LogP contribution in [0.5, 0.6) is 0 Å². The lowest BCUT2D eigenvalue weighted by Gasteiger charge is -2.35. The molecule has 2 aromatic heterocycles. The minimum atomic E-state index is 0.00149. The Kier molecular flexibility index (Phi) is 4.99. The van der Waals surface area contributed by atoms with Gasteiger partial charge in [0.2, 0.25) is 0 Å². The van der Waals surface area contributed by atoms with E-state index in [4.69, 9.17) is 4.74 Å². The smallest absolute Gasteiger partial charge is 0.273 e. The maximum Gasteiger partial charge on any atom is 0.273 e. The van der Waals surface area contributed by atoms with Crippen LogP contribution >= 0.6 is 0 Å². The molecule has 0 N–H and O–H groups in total. The molecule has 2 aromatic rings. The van der Waals surface area contributed by atoms with Crippen LogP contribution in [0.4, 0.5) is 0 Å². The molecule has 1 amide bonds. The van der Waals surface area contributed by atoms with Gasteiger partial charge in [-0.2, -0.15) is 5.10 Å². The summed E-state index contributed by atoms with van der Waals surface area (Å²) in [7, 11) is 0. The molecular weight excluding hydrogens is 330 g/mol. The van der Waals surface area contributed by atoms with Gasteiger partial charge >= 0.3 is 0 Å². The van der Waals surface area contributed by atoms with Gasteiger partial charge in [0, 0.05) is 44.1 Å². The number of aromatic nitrogens is 3. The Balaban J connectivity index is 1.59. The van der Waals surface area contributed by atoms with Crippen molar-refractivity contribution in [1.29, 1.82) is 0 Å². The number of carbonyl (C=O) groups excluding carboxylic acids is 1. The first kappa shape index (κ1) is 17.2. The zero-order valence-electron chi connectivity index (χ0n) is 15.2. The Morgan fingerprint density at radius 2 is 2.08 bits per heavy atom. The normalized spacial score (nSPS) is 21.3. The first-order valence-corrected chi connectivity index (χ1v) is 9.26. The van der Waals surface area contributed by atoms with E-state index in [1.165, 1.54) is 0 Å². The fraction of sp³-hybridized carbons (Fsp3) is 0.526. The Bertz CT molecular complexity index is 769. The van der Waals surface area contributed by atoms with E-state index in [-0.39, 0.29) is 11.9 Å². The number of pyridine rings is 1. The number of amides is 1. The van der Waals surface area contributed by atoms with E-state index in [0.29, 0.717) is 12.2 Å². The van der Waals surface area contributed by atoms with Crippen molar-refractivity contribution in [3.8, 4) is 0 Å². The van der Waals surface area contributed by atoms with Crippen LogP contribution in [0.25, 0.3) is 0 Å². The number of fused-ring (bicyclic) bond motifs is 1. The lowest BCUT2D eigenvalue weighted by molar-refractivity contribution is 0.0201. The zero-order valence-corrected chi connectivity index (χ0v) is 15.2. The molecule has 1 fully saturated rings. The van der Waals surface area contributed by atoms with Gasteiger partial charge in [-0.05, 0) is 31.5 Å². The van der Waals surface area contributed by atoms with Crippen molar-refractivity contribution in [2.45, 2.75) is 32.5 Å². The van der Waals surface area contributed by atoms with Gasteiger partial charge in [0.1, 0.15) is 5.69 Å². The average Bonchev–Trinajstić information content (AvgIpc) is 3.04. The van der Waals surface area contributed by atoms with E-state index < -0.39 is 0 Å². The highest BCUT2D eigenvalue weighted by molar-refractivity contribution is 5.92. The van der Waals surface area contributed by atoms with Crippen LogP contribution in [0.15, 0.2) is 30.5 Å². The molecule has 0 aromatic carbocycles. The molecule has 26 heavy (non-hydrogen) atoms. The number of ether oxygens (including phenoxy) is 1. The van der Waals surface area contributed by atoms with Gasteiger partial charge < -0.3 is 9.64 Å². The highest BCUT2D eigenvalue weighted by Crippen LogP contribution is 2.21. The summed E-state index contributed by atoms with van der Waals surface area (Å²) in [5.74, 6) is 0.00149. The minimum Gasteiger partial charge on any atom is -0.379 e. The topological polar surface area (TPSA) is 63.5 Å². The Labute approximate surface area is 153 Å². The van der Waals surface area contributed by atoms with Crippen LogP contribution in [0.1, 0.15) is 28.3 Å². The molecule has 4 rings (SSSR count). The van der Waals surface area contributed by atoms with Gasteiger partial charge in [0.05, 0.1) is 25.5 Å². The van der Waals surface area contributed by atoms with Crippen LogP contribution in [-0.2, 0) is 17.8 Å². The van der Waals surface area contributed by atoms with E-state index in [1.807, 2.05) is 47.0 Å². The third kappa shape index (κ3) is 3.64. The number of morpholine rings is 1. The quantitative estimate of drug-likeness (QED) is 0.831. The van der Waals surface area contributed by atoms with Crippen molar-refractivity contribution in [2.75, 3.05) is 32.8 Å². The molecule has 0 bridgehead atoms. The van der Waals surface area contributed by atoms with Crippen LogP contribution in [0.2, 0.25) is 0 Å². The maximum absolute atomic E-state index is 13.3. The van der Waals surface area contributed by atoms with E-state index in [2.05, 4.69) is 15.0 Å². The van der Waals surface area contributed by atoms with Crippen molar-refractivity contribution < 1.29 is 9.53 Å². The van der Waals surface area contributed by atoms with E-state index in [0.717, 1.165) is 57.2 Å². The monoisotopic (exact) mass is 355 g/mol. The van der Waals surface area contributed by atoms with Gasteiger partial charge in [-0.15, -0.1) is 0 Å². The lowest BCUT2D eigenvalue weighted by Crippen LogP contribution is -2.49. The molecule has 7 heteroatoms. The molecule has 0 aliphatic carbocycles. The predicted octanol–water partition coefficient (Wildman–Crippen LogP) is 1.33. The molecule has 2 aliphatic rings. The van der Waals surface area contributed by atoms with Gasteiger partial charge in [-0.25, -0.2) is 4.98 Å². The second-order valence-electron chi connectivity index (χ2n) is 7.00. The van der Waals surface area contributed by atoms with E-state index >= 15 is 0 Å². The van der Waals surface area contributed by atoms with Crippen LogP contribution in [0, 0.1) is 6.92 Å². The Hall–Kier alpha value is -2.25. The third-order valence-corrected chi connectivity index (χ3v) is 5.19. The molecule has 0 saturated carbocycles. The Morgan fingerprint density at radius 3 is 2.88 bits per heavy atom. The number of aryl methyl sites for hydroxylation is 2. The number of nitrogens with zero attached hydrogens (tertiary/aromatic N) is 5. The largest absolute Gasteiger partial charge is 0.379 e. The molecule has 4 heterocycles. The molecule has 1 saturated heterocycles. The standard InChI is InChI=1S/C19H25N5O2/c1-15-3-2-4-18(21-15)19(25)23-14-17-5-7-20-24(17)8-6-16(23)13-22-9-11-26-12-10-22/h2-5,7,16H,6,8-14H2,1H3/t16-/m0/s1. The molecule has 0 spiro atoms. The average molecular weight is 355 g/mol. The predicted molar refractivity (Wildman–Crippen MR) is 96.7 cm³/mol. The molecular formula is C19H25N5O2. The SMILES string of the molecule is Cc1cccc(C(=O)N2Cc3ccnn3CC[C@H]2CN2CCOCC2)n1. The maximum atomic E-state index is 13.3. The number of hydrogen-bond acceptors (Lipinski definition) is 5. The Morgan fingerprint density at radius 1 is 1.23 bits per heavy atom. The summed E-state index contributed by atoms with van der Waals surface area (Å²) >= 11 is 0. The van der Waals surface area contributed by atoms with Crippen molar-refractivity contribution in [3.05, 3.63) is 47.5 Å². The van der Waals surface area contributed by atoms with Crippen LogP contribution < -0.4 is 0 Å². The van der Waals surface area contributed by atoms with Gasteiger partial charge in [0.15, 0.2) is 0 Å². The van der Waals surface area contributed by atoms with Crippen LogP contribution in [-0.4, -0.2) is 69.4 Å². The first-order chi connectivity index (χ1) is 12.7. The summed E-state index contributed by atoms with van der Waals surface area (Å²) in [6.45, 7) is 7.57. The van der Waals surface area contributed by atoms with Gasteiger partial charge in [0.25, 0.3) is 5.91 Å². The third-order valence-electron chi connectivity index (χ3n) is 5.19. The van der Waals surface area contributed by atoms with Gasteiger partial charge in [-0.3, -0.25) is 14.4 Å². The fourth-order valence-electron chi connectivity index (χ4n) is 3.75. The second-order valence-corrected chi connectivity index (χ2v) is 7.00. The molecule has 2 aliphatic heterocycles. The highest BCUT2D eigenvalue weighted by atomic mass is 16.5. The number of hydrogen-bond donors (Lipinski definition) is 0.